The number of carbonyl (C=O) groups excluding carboxylic acids is 2. The van der Waals surface area contributed by atoms with Crippen LogP contribution in [0.5, 0.6) is 0 Å². The zero-order valence-corrected chi connectivity index (χ0v) is 15.4. The third kappa shape index (κ3) is 4.65. The van der Waals surface area contributed by atoms with Crippen molar-refractivity contribution < 1.29 is 18.0 Å². The summed E-state index contributed by atoms with van der Waals surface area (Å²) in [5.41, 5.74) is 11.2. The van der Waals surface area contributed by atoms with E-state index in [2.05, 4.69) is 5.32 Å². The molecule has 1 radical (unpaired) electrons. The van der Waals surface area contributed by atoms with Gasteiger partial charge in [-0.05, 0) is 37.4 Å². The fraction of sp³-hybridized carbons (Fsp3) is 0.529. The van der Waals surface area contributed by atoms with Crippen molar-refractivity contribution in [2.45, 2.75) is 48.9 Å². The molecule has 0 saturated carbocycles. The molecule has 7 nitrogen and oxygen atoms in total. The average molecular weight is 368 g/mol. The fourth-order valence-corrected chi connectivity index (χ4v) is 4.27. The maximum Gasteiger partial charge on any atom is 0.243 e. The predicted octanol–water partition coefficient (Wildman–Crippen LogP) is 0.495. The van der Waals surface area contributed by atoms with E-state index in [9.17, 15) is 18.0 Å². The largest absolute Gasteiger partial charge is 0.330 e. The van der Waals surface area contributed by atoms with E-state index in [0.717, 1.165) is 0 Å². The minimum absolute atomic E-state index is 0.0657. The van der Waals surface area contributed by atoms with Crippen molar-refractivity contribution in [3.63, 3.8) is 0 Å². The van der Waals surface area contributed by atoms with Crippen LogP contribution in [0.25, 0.3) is 0 Å². The third-order valence-electron chi connectivity index (χ3n) is 4.06. The van der Waals surface area contributed by atoms with E-state index >= 15 is 0 Å². The second kappa shape index (κ2) is 9.07. The van der Waals surface area contributed by atoms with Gasteiger partial charge in [-0.1, -0.05) is 38.5 Å². The van der Waals surface area contributed by atoms with Crippen LogP contribution in [0.2, 0.25) is 0 Å². The highest BCUT2D eigenvalue weighted by Crippen LogP contribution is 2.29. The van der Waals surface area contributed by atoms with Gasteiger partial charge in [-0.25, -0.2) is 8.42 Å². The van der Waals surface area contributed by atoms with Gasteiger partial charge in [-0.15, -0.1) is 0 Å². The molecule has 0 spiro atoms. The van der Waals surface area contributed by atoms with Crippen LogP contribution in [0.3, 0.4) is 0 Å². The second-order valence-electron chi connectivity index (χ2n) is 6.19. The Morgan fingerprint density at radius 3 is 2.32 bits per heavy atom. The van der Waals surface area contributed by atoms with E-state index in [1.54, 1.807) is 24.5 Å². The quantitative estimate of drug-likeness (QED) is 0.515. The van der Waals surface area contributed by atoms with Gasteiger partial charge in [0.1, 0.15) is 0 Å². The first-order valence-corrected chi connectivity index (χ1v) is 9.68. The zero-order chi connectivity index (χ0) is 19.1. The van der Waals surface area contributed by atoms with Crippen molar-refractivity contribution in [3.8, 4) is 0 Å². The molecule has 1 aromatic rings. The fourth-order valence-electron chi connectivity index (χ4n) is 2.42. The lowest BCUT2D eigenvalue weighted by Crippen LogP contribution is -2.62. The number of carbonyl (C=O) groups is 1. The minimum Gasteiger partial charge on any atom is -0.330 e. The van der Waals surface area contributed by atoms with E-state index in [0.29, 0.717) is 25.8 Å². The van der Waals surface area contributed by atoms with E-state index < -0.39 is 32.6 Å². The van der Waals surface area contributed by atoms with Gasteiger partial charge in [0, 0.05) is 0 Å². The number of hydrogen-bond acceptors (Lipinski definition) is 6. The molecule has 1 amide bonds. The van der Waals surface area contributed by atoms with E-state index in [1.807, 2.05) is 0 Å². The van der Waals surface area contributed by atoms with Crippen LogP contribution in [-0.2, 0) is 19.4 Å². The van der Waals surface area contributed by atoms with Crippen LogP contribution >= 0.6 is 0 Å². The molecule has 0 heterocycles. The third-order valence-corrected chi connectivity index (χ3v) is 6.45. The Hall–Kier alpha value is -1.77. The first-order valence-electron chi connectivity index (χ1n) is 8.19. The van der Waals surface area contributed by atoms with Crippen molar-refractivity contribution in [2.75, 3.05) is 6.54 Å². The molecule has 0 fully saturated rings. The van der Waals surface area contributed by atoms with Gasteiger partial charge in [-0.3, -0.25) is 9.59 Å². The summed E-state index contributed by atoms with van der Waals surface area (Å²) in [4.78, 5) is 21.9. The number of nitrogens with one attached hydrogen (secondary N) is 1. The highest BCUT2D eigenvalue weighted by atomic mass is 32.2. The molecule has 2 atom stereocenters. The van der Waals surface area contributed by atoms with Crippen LogP contribution in [-0.4, -0.2) is 38.1 Å². The molecule has 5 N–H and O–H groups in total. The molecule has 0 unspecified atom stereocenters. The van der Waals surface area contributed by atoms with E-state index in [-0.39, 0.29) is 4.90 Å². The van der Waals surface area contributed by atoms with Gasteiger partial charge in [0.25, 0.3) is 0 Å². The Balaban J connectivity index is 3.16. The number of hydrogen-bond donors (Lipinski definition) is 3. The summed E-state index contributed by atoms with van der Waals surface area (Å²) in [5.74, 6) is -1.44. The maximum absolute atomic E-state index is 13.0. The van der Waals surface area contributed by atoms with E-state index in [1.165, 1.54) is 26.0 Å². The lowest BCUT2D eigenvalue weighted by Gasteiger charge is -2.32. The molecular formula is C17H26N3O4S. The Bertz CT molecular complexity index is 676. The van der Waals surface area contributed by atoms with Gasteiger partial charge in [-0.2, -0.15) is 0 Å². The first kappa shape index (κ1) is 21.3. The topological polar surface area (TPSA) is 132 Å². The second-order valence-corrected chi connectivity index (χ2v) is 8.31. The molecule has 0 aliphatic carbocycles. The summed E-state index contributed by atoms with van der Waals surface area (Å²) < 4.78 is 26.0. The Morgan fingerprint density at radius 2 is 1.84 bits per heavy atom. The van der Waals surface area contributed by atoms with Crippen LogP contribution in [0.4, 0.5) is 0 Å². The maximum atomic E-state index is 13.0. The summed E-state index contributed by atoms with van der Waals surface area (Å²) in [6.07, 6.45) is 3.25. The minimum atomic E-state index is -4.20. The summed E-state index contributed by atoms with van der Waals surface area (Å²) in [5, 5.41) is 2.34. The molecule has 0 aliphatic heterocycles. The van der Waals surface area contributed by atoms with Crippen LogP contribution in [0.1, 0.15) is 33.1 Å². The van der Waals surface area contributed by atoms with Crippen molar-refractivity contribution >= 4 is 22.0 Å². The highest BCUT2D eigenvalue weighted by Gasteiger charge is 2.50. The number of sulfone groups is 1. The molecule has 0 saturated heterocycles. The lowest BCUT2D eigenvalue weighted by atomic mass is 10.0. The number of amides is 1. The standard InChI is InChI=1S/C17H26N3O4S/c1-13(2)17(12-21,20-16(22)15(19)10-6-7-11-18)25(23,24)14-8-4-3-5-9-14/h3-5,8-9,13,15H,6-7,10-11,18-19H2,1-2H3,(H,20,22)/t15-,17-/m0/s1. The van der Waals surface area contributed by atoms with E-state index in [4.69, 9.17) is 11.5 Å². The first-order chi connectivity index (χ1) is 11.7. The number of rotatable bonds is 10. The number of nitrogens with two attached hydrogens (primary N) is 2. The van der Waals surface area contributed by atoms with Crippen LogP contribution < -0.4 is 16.8 Å². The molecule has 139 valence electrons. The molecule has 25 heavy (non-hydrogen) atoms. The van der Waals surface area contributed by atoms with Gasteiger partial charge >= 0.3 is 0 Å². The summed E-state index contributed by atoms with van der Waals surface area (Å²) in [6, 6.07) is 6.57. The van der Waals surface area contributed by atoms with Gasteiger partial charge in [0.05, 0.1) is 10.9 Å². The summed E-state index contributed by atoms with van der Waals surface area (Å²) in [6.45, 7) is 3.55. The highest BCUT2D eigenvalue weighted by molar-refractivity contribution is 7.93. The Kier molecular flexibility index (Phi) is 7.72. The van der Waals surface area contributed by atoms with Crippen molar-refractivity contribution in [3.05, 3.63) is 30.3 Å². The smallest absolute Gasteiger partial charge is 0.243 e. The molecule has 8 heteroatoms. The Morgan fingerprint density at radius 1 is 1.24 bits per heavy atom. The van der Waals surface area contributed by atoms with Gasteiger partial charge in [0.2, 0.25) is 26.9 Å². The summed E-state index contributed by atoms with van der Waals surface area (Å²) >= 11 is 0. The summed E-state index contributed by atoms with van der Waals surface area (Å²) in [7, 11) is -4.20. The predicted molar refractivity (Wildman–Crippen MR) is 95.9 cm³/mol. The lowest BCUT2D eigenvalue weighted by molar-refractivity contribution is -0.123. The molecule has 0 bridgehead atoms. The molecule has 1 rings (SSSR count). The Labute approximate surface area is 149 Å². The monoisotopic (exact) mass is 368 g/mol. The zero-order valence-electron chi connectivity index (χ0n) is 14.6. The van der Waals surface area contributed by atoms with Crippen molar-refractivity contribution in [1.29, 1.82) is 0 Å². The molecule has 1 aromatic carbocycles. The normalized spacial score (nSPS) is 15.4. The number of unbranched alkanes of at least 4 members (excludes halogenated alkanes) is 1. The van der Waals surface area contributed by atoms with Gasteiger partial charge < -0.3 is 16.8 Å². The molecular weight excluding hydrogens is 342 g/mol. The molecule has 0 aliphatic rings. The van der Waals surface area contributed by atoms with Gasteiger partial charge in [0.15, 0.2) is 0 Å². The average Bonchev–Trinajstić information content (AvgIpc) is 2.59. The SMILES string of the molecule is CC(C)[C@@]([C]=O)(NC(=O)[C@@H](N)CCCCN)S(=O)(=O)c1ccccc1. The van der Waals surface area contributed by atoms with Crippen molar-refractivity contribution in [1.82, 2.24) is 5.32 Å². The van der Waals surface area contributed by atoms with Crippen LogP contribution in [0, 0.1) is 5.92 Å². The van der Waals surface area contributed by atoms with Crippen molar-refractivity contribution in [2.24, 2.45) is 17.4 Å². The molecule has 0 aromatic heterocycles. The number of benzene rings is 1. The van der Waals surface area contributed by atoms with Crippen LogP contribution in [0.15, 0.2) is 35.2 Å².